The van der Waals surface area contributed by atoms with Gasteiger partial charge in [-0.15, -0.1) is 4.99 Å². The van der Waals surface area contributed by atoms with Gasteiger partial charge in [-0.2, -0.15) is 5.26 Å². The van der Waals surface area contributed by atoms with Crippen LogP contribution in [0.25, 0.3) is 0 Å². The molecule has 1 aliphatic rings. The van der Waals surface area contributed by atoms with E-state index < -0.39 is 0 Å². The molecular weight excluding hydrogens is 492 g/mol. The lowest BCUT2D eigenvalue weighted by atomic mass is 10.0. The number of urea groups is 1. The number of guanidine groups is 1. The highest BCUT2D eigenvalue weighted by molar-refractivity contribution is 9.10. The number of hydrogen-bond acceptors (Lipinski definition) is 3. The zero-order chi connectivity index (χ0) is 23.9. The number of carbonyl (C=O) groups is 1. The molecule has 0 radical (unpaired) electrons. The molecular formula is C26H25BrN6O. The van der Waals surface area contributed by atoms with Crippen LogP contribution in [0.5, 0.6) is 0 Å². The van der Waals surface area contributed by atoms with Gasteiger partial charge in [0.25, 0.3) is 0 Å². The molecule has 7 nitrogen and oxygen atoms in total. The summed E-state index contributed by atoms with van der Waals surface area (Å²) in [7, 11) is 0. The molecule has 0 saturated carbocycles. The molecule has 2 amide bonds. The third-order valence-corrected chi connectivity index (χ3v) is 6.48. The molecule has 2 N–H and O–H groups in total. The normalized spacial score (nSPS) is 16.0. The van der Waals surface area contributed by atoms with Crippen molar-refractivity contribution in [2.45, 2.75) is 13.0 Å². The first-order valence-electron chi connectivity index (χ1n) is 11.0. The maximum absolute atomic E-state index is 13.3. The Bertz CT molecular complexity index is 1220. The average molecular weight is 517 g/mol. The van der Waals surface area contributed by atoms with Gasteiger partial charge in [-0.3, -0.25) is 0 Å². The molecule has 0 spiro atoms. The second-order valence-corrected chi connectivity index (χ2v) is 8.81. The lowest BCUT2D eigenvalue weighted by Crippen LogP contribution is -2.54. The molecule has 1 fully saturated rings. The number of benzene rings is 3. The van der Waals surface area contributed by atoms with Crippen molar-refractivity contribution in [1.29, 1.82) is 5.26 Å². The van der Waals surface area contributed by atoms with E-state index in [2.05, 4.69) is 31.6 Å². The fourth-order valence-corrected chi connectivity index (χ4v) is 4.37. The molecule has 1 atom stereocenters. The minimum atomic E-state index is -0.222. The summed E-state index contributed by atoms with van der Waals surface area (Å²) >= 11 is 3.50. The number of halogens is 1. The molecule has 0 bridgehead atoms. The number of amides is 2. The number of aliphatic imine (C=N–C) groups is 1. The van der Waals surface area contributed by atoms with Gasteiger partial charge >= 0.3 is 6.03 Å². The third kappa shape index (κ3) is 5.38. The van der Waals surface area contributed by atoms with Gasteiger partial charge in [-0.05, 0) is 52.2 Å². The predicted molar refractivity (Wildman–Crippen MR) is 138 cm³/mol. The molecule has 0 aliphatic carbocycles. The van der Waals surface area contributed by atoms with Crippen molar-refractivity contribution in [3.05, 3.63) is 94.5 Å². The fraction of sp³-hybridized carbons (Fsp3) is 0.192. The van der Waals surface area contributed by atoms with Crippen molar-refractivity contribution < 1.29 is 4.79 Å². The first-order valence-corrected chi connectivity index (χ1v) is 11.8. The number of aryl methyl sites for hydroxylation is 1. The number of rotatable bonds is 3. The summed E-state index contributed by atoms with van der Waals surface area (Å²) < 4.78 is 0.823. The van der Waals surface area contributed by atoms with Crippen LogP contribution in [0.3, 0.4) is 0 Å². The Kier molecular flexibility index (Phi) is 7.45. The Labute approximate surface area is 207 Å². The quantitative estimate of drug-likeness (QED) is 0.269. The highest BCUT2D eigenvalue weighted by Crippen LogP contribution is 2.28. The minimum Gasteiger partial charge on any atom is -0.338 e. The third-order valence-electron chi connectivity index (χ3n) is 5.79. The van der Waals surface area contributed by atoms with Crippen LogP contribution in [0.15, 0.2) is 88.3 Å². The molecule has 0 aromatic heterocycles. The Balaban J connectivity index is 1.59. The van der Waals surface area contributed by atoms with E-state index in [1.165, 1.54) is 0 Å². The maximum Gasteiger partial charge on any atom is 0.322 e. The standard InChI is InChI=1S/C26H25BrN6O/c1-19-9-5-7-13-22(19)30-25(29-18-28)32-15-16-33(24(17-32)20-10-3-2-4-11-20)26(34)31-23-14-8-6-12-21(23)27/h2-14,24H,15-17H2,1H3,(H,29,30)(H,31,34). The summed E-state index contributed by atoms with van der Waals surface area (Å²) in [6.45, 7) is 3.50. The minimum absolute atomic E-state index is 0.175. The Morgan fingerprint density at radius 1 is 0.971 bits per heavy atom. The first kappa shape index (κ1) is 23.3. The van der Waals surface area contributed by atoms with E-state index in [1.54, 1.807) is 0 Å². The highest BCUT2D eigenvalue weighted by atomic mass is 79.9. The zero-order valence-corrected chi connectivity index (χ0v) is 20.4. The van der Waals surface area contributed by atoms with Gasteiger partial charge in [0.05, 0.1) is 11.7 Å². The van der Waals surface area contributed by atoms with Gasteiger partial charge in [0.1, 0.15) is 0 Å². The molecule has 3 aromatic rings. The number of hydrogen-bond donors (Lipinski definition) is 2. The smallest absolute Gasteiger partial charge is 0.322 e. The van der Waals surface area contributed by atoms with Gasteiger partial charge in [-0.1, -0.05) is 60.7 Å². The number of anilines is 2. The number of nitrogens with zero attached hydrogens (tertiary/aromatic N) is 4. The molecule has 1 heterocycles. The summed E-state index contributed by atoms with van der Waals surface area (Å²) in [5.41, 5.74) is 3.68. The second kappa shape index (κ2) is 10.9. The summed E-state index contributed by atoms with van der Waals surface area (Å²) in [4.78, 5) is 21.3. The topological polar surface area (TPSA) is 83.8 Å². The van der Waals surface area contributed by atoms with E-state index in [0.29, 0.717) is 25.6 Å². The molecule has 8 heteroatoms. The van der Waals surface area contributed by atoms with Gasteiger partial charge in [-0.25, -0.2) is 4.79 Å². The van der Waals surface area contributed by atoms with Crippen LogP contribution < -0.4 is 10.6 Å². The van der Waals surface area contributed by atoms with Crippen molar-refractivity contribution in [3.63, 3.8) is 0 Å². The van der Waals surface area contributed by atoms with Crippen LogP contribution in [-0.4, -0.2) is 41.4 Å². The Morgan fingerprint density at radius 2 is 1.65 bits per heavy atom. The van der Waals surface area contributed by atoms with Crippen LogP contribution in [0.2, 0.25) is 0 Å². The molecule has 1 unspecified atom stereocenters. The monoisotopic (exact) mass is 516 g/mol. The number of para-hydroxylation sites is 2. The summed E-state index contributed by atoms with van der Waals surface area (Å²) in [6, 6.07) is 24.9. The summed E-state index contributed by atoms with van der Waals surface area (Å²) in [5.74, 6) is 0.476. The molecule has 1 aliphatic heterocycles. The van der Waals surface area contributed by atoms with E-state index >= 15 is 0 Å². The number of piperazine rings is 1. The number of nitrogens with one attached hydrogen (secondary N) is 2. The van der Waals surface area contributed by atoms with Crippen molar-refractivity contribution in [2.75, 3.05) is 30.3 Å². The van der Waals surface area contributed by atoms with Crippen LogP contribution in [0.4, 0.5) is 16.2 Å². The molecule has 1 saturated heterocycles. The largest absolute Gasteiger partial charge is 0.338 e. The number of nitriles is 1. The van der Waals surface area contributed by atoms with Crippen LogP contribution in [0.1, 0.15) is 17.2 Å². The molecule has 34 heavy (non-hydrogen) atoms. The van der Waals surface area contributed by atoms with Crippen molar-refractivity contribution >= 4 is 39.3 Å². The van der Waals surface area contributed by atoms with Gasteiger partial charge in [0.15, 0.2) is 0 Å². The predicted octanol–water partition coefficient (Wildman–Crippen LogP) is 5.60. The Hall–Kier alpha value is -3.83. The van der Waals surface area contributed by atoms with Crippen molar-refractivity contribution in [3.8, 4) is 6.19 Å². The van der Waals surface area contributed by atoms with Crippen LogP contribution in [-0.2, 0) is 0 Å². The van der Waals surface area contributed by atoms with Gasteiger partial charge in [0, 0.05) is 29.8 Å². The Morgan fingerprint density at radius 3 is 2.35 bits per heavy atom. The summed E-state index contributed by atoms with van der Waals surface area (Å²) in [6.07, 6.45) is 1.92. The van der Waals surface area contributed by atoms with E-state index in [4.69, 9.17) is 0 Å². The first-order chi connectivity index (χ1) is 16.6. The van der Waals surface area contributed by atoms with Gasteiger partial charge in [0.2, 0.25) is 12.2 Å². The average Bonchev–Trinajstić information content (AvgIpc) is 2.86. The zero-order valence-electron chi connectivity index (χ0n) is 18.8. The molecule has 4 rings (SSSR count). The van der Waals surface area contributed by atoms with Gasteiger partial charge < -0.3 is 20.4 Å². The summed E-state index contributed by atoms with van der Waals surface area (Å²) in [5, 5.41) is 15.7. The highest BCUT2D eigenvalue weighted by Gasteiger charge is 2.33. The SMILES string of the molecule is Cc1ccccc1N/C(=N/C#N)N1CCN(C(=O)Nc2ccccc2Br)C(c2ccccc2)C1. The van der Waals surface area contributed by atoms with Crippen molar-refractivity contribution in [1.82, 2.24) is 9.80 Å². The van der Waals surface area contributed by atoms with Crippen LogP contribution >= 0.6 is 15.9 Å². The van der Waals surface area contributed by atoms with Crippen LogP contribution in [0, 0.1) is 18.4 Å². The fourth-order valence-electron chi connectivity index (χ4n) is 3.99. The molecule has 172 valence electrons. The van der Waals surface area contributed by atoms with E-state index in [9.17, 15) is 10.1 Å². The lowest BCUT2D eigenvalue weighted by Gasteiger charge is -2.42. The number of carbonyl (C=O) groups excluding carboxylic acids is 1. The maximum atomic E-state index is 13.3. The van der Waals surface area contributed by atoms with E-state index in [0.717, 1.165) is 27.0 Å². The second-order valence-electron chi connectivity index (χ2n) is 7.95. The van der Waals surface area contributed by atoms with E-state index in [1.807, 2.05) is 102 Å². The van der Waals surface area contributed by atoms with E-state index in [-0.39, 0.29) is 12.1 Å². The lowest BCUT2D eigenvalue weighted by molar-refractivity contribution is 0.136. The van der Waals surface area contributed by atoms with Crippen molar-refractivity contribution in [2.24, 2.45) is 4.99 Å². The molecule has 3 aromatic carbocycles.